The molecule has 116 valence electrons. The molecule has 0 aliphatic rings. The molecule has 0 aromatic heterocycles. The van der Waals surface area contributed by atoms with E-state index in [9.17, 15) is 9.59 Å². The number of carbonyl (C=O) groups is 2. The molecule has 5 nitrogen and oxygen atoms in total. The van der Waals surface area contributed by atoms with Gasteiger partial charge in [-0.3, -0.25) is 9.59 Å². The van der Waals surface area contributed by atoms with Crippen molar-refractivity contribution >= 4 is 33.5 Å². The fraction of sp³-hybridized carbons (Fsp3) is 0.467. The standard InChI is InChI=1S/C15H21BrN2O3/c16-9-3-1-2-4-14(19)18-12-7-5-11(6-8-12)10-13(17)15(20)21/h5-8,13H,1-4,9-10,17H2,(H,18,19)(H,20,21)/t13-/m0/s1. The van der Waals surface area contributed by atoms with Crippen LogP contribution in [-0.2, 0) is 16.0 Å². The Hall–Kier alpha value is -1.40. The first-order valence-electron chi connectivity index (χ1n) is 6.96. The van der Waals surface area contributed by atoms with Crippen LogP contribution in [-0.4, -0.2) is 28.4 Å². The van der Waals surface area contributed by atoms with Crippen LogP contribution in [0.25, 0.3) is 0 Å². The van der Waals surface area contributed by atoms with E-state index in [0.29, 0.717) is 12.1 Å². The predicted molar refractivity (Wildman–Crippen MR) is 86.6 cm³/mol. The van der Waals surface area contributed by atoms with Gasteiger partial charge in [-0.15, -0.1) is 0 Å². The SMILES string of the molecule is N[C@@H](Cc1ccc(NC(=O)CCCCCBr)cc1)C(=O)O. The molecule has 0 fully saturated rings. The molecule has 0 saturated carbocycles. The highest BCUT2D eigenvalue weighted by molar-refractivity contribution is 9.09. The van der Waals surface area contributed by atoms with E-state index < -0.39 is 12.0 Å². The number of carboxylic acids is 1. The summed E-state index contributed by atoms with van der Waals surface area (Å²) in [5.74, 6) is -1.02. The Morgan fingerprint density at radius 2 is 1.86 bits per heavy atom. The number of anilines is 1. The van der Waals surface area contributed by atoms with Crippen molar-refractivity contribution in [2.75, 3.05) is 10.6 Å². The average Bonchev–Trinajstić information content (AvgIpc) is 2.45. The van der Waals surface area contributed by atoms with Crippen LogP contribution in [0.1, 0.15) is 31.2 Å². The number of aliphatic carboxylic acids is 1. The van der Waals surface area contributed by atoms with Gasteiger partial charge in [0.15, 0.2) is 0 Å². The number of alkyl halides is 1. The summed E-state index contributed by atoms with van der Waals surface area (Å²) in [6.07, 6.45) is 3.77. The summed E-state index contributed by atoms with van der Waals surface area (Å²) in [7, 11) is 0. The van der Waals surface area contributed by atoms with E-state index in [4.69, 9.17) is 10.8 Å². The molecule has 0 saturated heterocycles. The third-order valence-electron chi connectivity index (χ3n) is 3.05. The smallest absolute Gasteiger partial charge is 0.320 e. The maximum Gasteiger partial charge on any atom is 0.320 e. The Balaban J connectivity index is 2.40. The molecule has 0 radical (unpaired) electrons. The van der Waals surface area contributed by atoms with Gasteiger partial charge in [-0.2, -0.15) is 0 Å². The highest BCUT2D eigenvalue weighted by Crippen LogP contribution is 2.12. The molecule has 0 heterocycles. The Morgan fingerprint density at radius 1 is 1.19 bits per heavy atom. The first-order valence-corrected chi connectivity index (χ1v) is 8.08. The second kappa shape index (κ2) is 9.52. The fourth-order valence-electron chi connectivity index (χ4n) is 1.85. The van der Waals surface area contributed by atoms with E-state index >= 15 is 0 Å². The summed E-state index contributed by atoms with van der Waals surface area (Å²) in [4.78, 5) is 22.4. The fourth-order valence-corrected chi connectivity index (χ4v) is 2.24. The third kappa shape index (κ3) is 7.24. The van der Waals surface area contributed by atoms with Crippen molar-refractivity contribution in [3.05, 3.63) is 29.8 Å². The molecular formula is C15H21BrN2O3. The van der Waals surface area contributed by atoms with Crippen LogP contribution in [0.3, 0.4) is 0 Å². The molecule has 1 aromatic carbocycles. The van der Waals surface area contributed by atoms with E-state index in [1.165, 1.54) is 0 Å². The minimum Gasteiger partial charge on any atom is -0.480 e. The average molecular weight is 357 g/mol. The summed E-state index contributed by atoms with van der Waals surface area (Å²) in [6.45, 7) is 0. The monoisotopic (exact) mass is 356 g/mol. The molecule has 1 amide bonds. The van der Waals surface area contributed by atoms with Crippen LogP contribution in [0, 0.1) is 0 Å². The second-order valence-corrected chi connectivity index (χ2v) is 5.69. The highest BCUT2D eigenvalue weighted by Gasteiger charge is 2.11. The normalized spacial score (nSPS) is 11.9. The molecule has 4 N–H and O–H groups in total. The van der Waals surface area contributed by atoms with Gasteiger partial charge < -0.3 is 16.2 Å². The lowest BCUT2D eigenvalue weighted by Gasteiger charge is -2.08. The number of unbranched alkanes of at least 4 members (excludes halogenated alkanes) is 2. The maximum absolute atomic E-state index is 11.7. The number of halogens is 1. The number of nitrogens with one attached hydrogen (secondary N) is 1. The number of hydrogen-bond donors (Lipinski definition) is 3. The maximum atomic E-state index is 11.7. The van der Waals surface area contributed by atoms with Crippen LogP contribution in [0.5, 0.6) is 0 Å². The minimum atomic E-state index is -1.02. The zero-order valence-corrected chi connectivity index (χ0v) is 13.4. The van der Waals surface area contributed by atoms with Crippen LogP contribution in [0.2, 0.25) is 0 Å². The molecule has 0 spiro atoms. The summed E-state index contributed by atoms with van der Waals surface area (Å²) < 4.78 is 0. The summed E-state index contributed by atoms with van der Waals surface area (Å²) in [6, 6.07) is 6.19. The summed E-state index contributed by atoms with van der Waals surface area (Å²) in [5.41, 5.74) is 7.02. The number of benzene rings is 1. The lowest BCUT2D eigenvalue weighted by molar-refractivity contribution is -0.138. The van der Waals surface area contributed by atoms with Crippen molar-refractivity contribution in [1.82, 2.24) is 0 Å². The Kier molecular flexibility index (Phi) is 8.00. The molecule has 6 heteroatoms. The van der Waals surface area contributed by atoms with E-state index in [1.54, 1.807) is 24.3 Å². The minimum absolute atomic E-state index is 0.000408. The Bertz CT molecular complexity index is 462. The molecule has 0 aliphatic heterocycles. The van der Waals surface area contributed by atoms with Gasteiger partial charge >= 0.3 is 5.97 Å². The topological polar surface area (TPSA) is 92.4 Å². The number of rotatable bonds is 9. The van der Waals surface area contributed by atoms with Crippen LogP contribution >= 0.6 is 15.9 Å². The second-order valence-electron chi connectivity index (χ2n) is 4.89. The van der Waals surface area contributed by atoms with Crippen LogP contribution < -0.4 is 11.1 Å². The molecule has 0 unspecified atom stereocenters. The van der Waals surface area contributed by atoms with E-state index in [-0.39, 0.29) is 12.3 Å². The van der Waals surface area contributed by atoms with Crippen molar-refractivity contribution in [2.45, 2.75) is 38.1 Å². The number of hydrogen-bond acceptors (Lipinski definition) is 3. The number of carboxylic acid groups (broad SMARTS) is 1. The number of amides is 1. The van der Waals surface area contributed by atoms with Gasteiger partial charge in [0.05, 0.1) is 0 Å². The Labute approximate surface area is 133 Å². The van der Waals surface area contributed by atoms with Gasteiger partial charge in [0, 0.05) is 17.4 Å². The van der Waals surface area contributed by atoms with Crippen LogP contribution in [0.15, 0.2) is 24.3 Å². The molecule has 21 heavy (non-hydrogen) atoms. The zero-order chi connectivity index (χ0) is 15.7. The quantitative estimate of drug-likeness (QED) is 0.468. The summed E-state index contributed by atoms with van der Waals surface area (Å²) in [5, 5.41) is 12.5. The first kappa shape index (κ1) is 17.7. The van der Waals surface area contributed by atoms with E-state index in [0.717, 1.165) is 30.2 Å². The molecule has 1 atom stereocenters. The van der Waals surface area contributed by atoms with E-state index in [2.05, 4.69) is 21.2 Å². The van der Waals surface area contributed by atoms with Crippen molar-refractivity contribution in [3.63, 3.8) is 0 Å². The van der Waals surface area contributed by atoms with Crippen molar-refractivity contribution in [2.24, 2.45) is 5.73 Å². The molecule has 1 aromatic rings. The molecule has 0 bridgehead atoms. The molecule has 1 rings (SSSR count). The van der Waals surface area contributed by atoms with Gasteiger partial charge in [-0.1, -0.05) is 34.5 Å². The Morgan fingerprint density at radius 3 is 2.43 bits per heavy atom. The van der Waals surface area contributed by atoms with E-state index in [1.807, 2.05) is 0 Å². The first-order chi connectivity index (χ1) is 10.0. The molecule has 0 aliphatic carbocycles. The van der Waals surface area contributed by atoms with Gasteiger partial charge in [0.1, 0.15) is 6.04 Å². The summed E-state index contributed by atoms with van der Waals surface area (Å²) >= 11 is 3.36. The van der Waals surface area contributed by atoms with Gasteiger partial charge in [0.2, 0.25) is 5.91 Å². The van der Waals surface area contributed by atoms with Gasteiger partial charge in [-0.05, 0) is 37.0 Å². The largest absolute Gasteiger partial charge is 0.480 e. The number of nitrogens with two attached hydrogens (primary N) is 1. The highest BCUT2D eigenvalue weighted by atomic mass is 79.9. The number of carbonyl (C=O) groups excluding carboxylic acids is 1. The van der Waals surface area contributed by atoms with Gasteiger partial charge in [-0.25, -0.2) is 0 Å². The van der Waals surface area contributed by atoms with Gasteiger partial charge in [0.25, 0.3) is 0 Å². The third-order valence-corrected chi connectivity index (χ3v) is 3.61. The van der Waals surface area contributed by atoms with Crippen molar-refractivity contribution in [3.8, 4) is 0 Å². The van der Waals surface area contributed by atoms with Crippen molar-refractivity contribution < 1.29 is 14.7 Å². The van der Waals surface area contributed by atoms with Crippen molar-refractivity contribution in [1.29, 1.82) is 0 Å². The van der Waals surface area contributed by atoms with Crippen LogP contribution in [0.4, 0.5) is 5.69 Å². The lowest BCUT2D eigenvalue weighted by atomic mass is 10.1. The lowest BCUT2D eigenvalue weighted by Crippen LogP contribution is -2.32. The molecular weight excluding hydrogens is 336 g/mol. The zero-order valence-electron chi connectivity index (χ0n) is 11.8. The predicted octanol–water partition coefficient (Wildman–Crippen LogP) is 2.53.